The number of carbonyl (C=O) groups excluding carboxylic acids is 1. The fourth-order valence-electron chi connectivity index (χ4n) is 1.79. The number of rotatable bonds is 5. The first-order valence-corrected chi connectivity index (χ1v) is 7.62. The summed E-state index contributed by atoms with van der Waals surface area (Å²) in [6.45, 7) is 2.14. The van der Waals surface area contributed by atoms with Crippen LogP contribution in [0.5, 0.6) is 0 Å². The van der Waals surface area contributed by atoms with Gasteiger partial charge in [-0.2, -0.15) is 0 Å². The molecule has 2 aromatic rings. The zero-order valence-corrected chi connectivity index (χ0v) is 12.7. The molecule has 1 aromatic carbocycles. The maximum Gasteiger partial charge on any atom is 0.142 e. The molecule has 0 amide bonds. The van der Waals surface area contributed by atoms with Crippen LogP contribution in [0.4, 0.5) is 0 Å². The standard InChI is InChI=1S/C15H15BrOS/c1-2-14-7-8-15(18-14)10-13(17)9-11-3-5-12(16)6-4-11/h3-8H,2,9-10H2,1H3. The number of benzene rings is 1. The van der Waals surface area contributed by atoms with Crippen molar-refractivity contribution < 1.29 is 4.79 Å². The third-order valence-corrected chi connectivity index (χ3v) is 4.51. The van der Waals surface area contributed by atoms with Gasteiger partial charge in [-0.25, -0.2) is 0 Å². The molecular weight excluding hydrogens is 308 g/mol. The van der Waals surface area contributed by atoms with E-state index in [1.807, 2.05) is 24.3 Å². The van der Waals surface area contributed by atoms with E-state index >= 15 is 0 Å². The summed E-state index contributed by atoms with van der Waals surface area (Å²) in [5.41, 5.74) is 1.08. The Morgan fingerprint density at radius 3 is 2.33 bits per heavy atom. The van der Waals surface area contributed by atoms with Crippen LogP contribution in [0.3, 0.4) is 0 Å². The van der Waals surface area contributed by atoms with Gasteiger partial charge < -0.3 is 0 Å². The SMILES string of the molecule is CCc1ccc(CC(=O)Cc2ccc(Br)cc2)s1. The average Bonchev–Trinajstić information content (AvgIpc) is 2.79. The Balaban J connectivity index is 1.94. The van der Waals surface area contributed by atoms with E-state index in [1.54, 1.807) is 11.3 Å². The first kappa shape index (κ1) is 13.5. The van der Waals surface area contributed by atoms with E-state index in [0.717, 1.165) is 16.5 Å². The number of hydrogen-bond acceptors (Lipinski definition) is 2. The molecule has 1 heterocycles. The van der Waals surface area contributed by atoms with Crippen molar-refractivity contribution in [1.29, 1.82) is 0 Å². The van der Waals surface area contributed by atoms with E-state index < -0.39 is 0 Å². The highest BCUT2D eigenvalue weighted by Gasteiger charge is 2.07. The number of hydrogen-bond donors (Lipinski definition) is 0. The van der Waals surface area contributed by atoms with Crippen LogP contribution in [0.1, 0.15) is 22.2 Å². The summed E-state index contributed by atoms with van der Waals surface area (Å²) in [6.07, 6.45) is 2.12. The Hall–Kier alpha value is -0.930. The smallest absolute Gasteiger partial charge is 0.142 e. The predicted molar refractivity (Wildman–Crippen MR) is 80.3 cm³/mol. The second-order valence-corrected chi connectivity index (χ2v) is 6.41. The average molecular weight is 323 g/mol. The first-order chi connectivity index (χ1) is 8.67. The molecule has 0 N–H and O–H groups in total. The minimum atomic E-state index is 0.279. The summed E-state index contributed by atoms with van der Waals surface area (Å²) < 4.78 is 1.05. The molecule has 0 radical (unpaired) electrons. The number of Topliss-reactive ketones (excluding diaryl/α,β-unsaturated/α-hetero) is 1. The third-order valence-electron chi connectivity index (χ3n) is 2.75. The number of thiophene rings is 1. The highest BCUT2D eigenvalue weighted by atomic mass is 79.9. The van der Waals surface area contributed by atoms with Gasteiger partial charge in [-0.3, -0.25) is 4.79 Å². The van der Waals surface area contributed by atoms with Crippen LogP contribution in [0.15, 0.2) is 40.9 Å². The van der Waals surface area contributed by atoms with Gasteiger partial charge in [0, 0.05) is 27.1 Å². The van der Waals surface area contributed by atoms with Gasteiger partial charge in [-0.1, -0.05) is 35.0 Å². The minimum absolute atomic E-state index is 0.279. The van der Waals surface area contributed by atoms with Gasteiger partial charge in [0.05, 0.1) is 0 Å². The van der Waals surface area contributed by atoms with E-state index in [1.165, 1.54) is 9.75 Å². The second-order valence-electron chi connectivity index (χ2n) is 4.24. The summed E-state index contributed by atoms with van der Waals surface area (Å²) in [4.78, 5) is 14.5. The number of carbonyl (C=O) groups is 1. The van der Waals surface area contributed by atoms with Gasteiger partial charge in [-0.05, 0) is 36.2 Å². The Bertz CT molecular complexity index is 528. The van der Waals surface area contributed by atoms with Gasteiger partial charge in [0.1, 0.15) is 5.78 Å². The lowest BCUT2D eigenvalue weighted by atomic mass is 10.1. The molecular formula is C15H15BrOS. The zero-order valence-electron chi connectivity index (χ0n) is 10.3. The number of aryl methyl sites for hydroxylation is 1. The minimum Gasteiger partial charge on any atom is -0.299 e. The molecule has 0 saturated carbocycles. The molecule has 94 valence electrons. The van der Waals surface area contributed by atoms with Crippen LogP contribution in [0, 0.1) is 0 Å². The normalized spacial score (nSPS) is 10.6. The van der Waals surface area contributed by atoms with Crippen LogP contribution in [0.2, 0.25) is 0 Å². The van der Waals surface area contributed by atoms with Crippen LogP contribution in [-0.2, 0) is 24.1 Å². The van der Waals surface area contributed by atoms with E-state index in [-0.39, 0.29) is 5.78 Å². The largest absolute Gasteiger partial charge is 0.299 e. The molecule has 3 heteroatoms. The molecule has 0 fully saturated rings. The van der Waals surface area contributed by atoms with Crippen LogP contribution in [-0.4, -0.2) is 5.78 Å². The van der Waals surface area contributed by atoms with Crippen LogP contribution < -0.4 is 0 Å². The summed E-state index contributed by atoms with van der Waals surface area (Å²) >= 11 is 5.14. The number of halogens is 1. The summed E-state index contributed by atoms with van der Waals surface area (Å²) in [5.74, 6) is 0.279. The first-order valence-electron chi connectivity index (χ1n) is 6.01. The van der Waals surface area contributed by atoms with Crippen molar-refractivity contribution in [3.63, 3.8) is 0 Å². The van der Waals surface area contributed by atoms with Gasteiger partial charge in [0.15, 0.2) is 0 Å². The lowest BCUT2D eigenvalue weighted by Crippen LogP contribution is -2.05. The van der Waals surface area contributed by atoms with Crippen molar-refractivity contribution in [2.45, 2.75) is 26.2 Å². The van der Waals surface area contributed by atoms with Crippen molar-refractivity contribution >= 4 is 33.0 Å². The molecule has 18 heavy (non-hydrogen) atoms. The molecule has 0 saturated heterocycles. The van der Waals surface area contributed by atoms with Gasteiger partial charge in [-0.15, -0.1) is 11.3 Å². The third kappa shape index (κ3) is 3.79. The van der Waals surface area contributed by atoms with Gasteiger partial charge >= 0.3 is 0 Å². The quantitative estimate of drug-likeness (QED) is 0.796. The highest BCUT2D eigenvalue weighted by Crippen LogP contribution is 2.18. The second kappa shape index (κ2) is 6.30. The molecule has 0 aliphatic heterocycles. The zero-order chi connectivity index (χ0) is 13.0. The van der Waals surface area contributed by atoms with Crippen LogP contribution in [0.25, 0.3) is 0 Å². The summed E-state index contributed by atoms with van der Waals surface area (Å²) in [5, 5.41) is 0. The Morgan fingerprint density at radius 1 is 1.06 bits per heavy atom. The summed E-state index contributed by atoms with van der Waals surface area (Å²) in [7, 11) is 0. The van der Waals surface area contributed by atoms with Crippen LogP contribution >= 0.6 is 27.3 Å². The molecule has 0 aliphatic carbocycles. The van der Waals surface area contributed by atoms with Crippen molar-refractivity contribution in [1.82, 2.24) is 0 Å². The molecule has 1 nitrogen and oxygen atoms in total. The monoisotopic (exact) mass is 322 g/mol. The topological polar surface area (TPSA) is 17.1 Å². The molecule has 0 aliphatic rings. The predicted octanol–water partition coefficient (Wildman–Crippen LogP) is 4.43. The van der Waals surface area contributed by atoms with Crippen molar-refractivity contribution in [3.8, 4) is 0 Å². The molecule has 0 unspecified atom stereocenters. The van der Waals surface area contributed by atoms with Gasteiger partial charge in [0.25, 0.3) is 0 Å². The Morgan fingerprint density at radius 2 is 1.72 bits per heavy atom. The molecule has 0 bridgehead atoms. The number of ketones is 1. The lowest BCUT2D eigenvalue weighted by molar-refractivity contribution is -0.117. The van der Waals surface area contributed by atoms with Crippen molar-refractivity contribution in [3.05, 3.63) is 56.2 Å². The van der Waals surface area contributed by atoms with Crippen molar-refractivity contribution in [2.75, 3.05) is 0 Å². The summed E-state index contributed by atoms with van der Waals surface area (Å²) in [6, 6.07) is 12.1. The lowest BCUT2D eigenvalue weighted by Gasteiger charge is -2.00. The highest BCUT2D eigenvalue weighted by molar-refractivity contribution is 9.10. The maximum absolute atomic E-state index is 12.0. The molecule has 1 aromatic heterocycles. The Labute approximate surface area is 120 Å². The Kier molecular flexibility index (Phi) is 4.72. The van der Waals surface area contributed by atoms with E-state index in [2.05, 4.69) is 35.0 Å². The maximum atomic E-state index is 12.0. The van der Waals surface area contributed by atoms with E-state index in [4.69, 9.17) is 0 Å². The van der Waals surface area contributed by atoms with E-state index in [9.17, 15) is 4.79 Å². The molecule has 0 spiro atoms. The van der Waals surface area contributed by atoms with Crippen molar-refractivity contribution in [2.24, 2.45) is 0 Å². The van der Waals surface area contributed by atoms with Gasteiger partial charge in [0.2, 0.25) is 0 Å². The molecule has 0 atom stereocenters. The van der Waals surface area contributed by atoms with E-state index in [0.29, 0.717) is 12.8 Å². The molecule has 2 rings (SSSR count). The fraction of sp³-hybridized carbons (Fsp3) is 0.267. The fourth-order valence-corrected chi connectivity index (χ4v) is 3.04.